The summed E-state index contributed by atoms with van der Waals surface area (Å²) >= 11 is 0. The second-order valence-electron chi connectivity index (χ2n) is 4.75. The number of piperidine rings is 1. The van der Waals surface area contributed by atoms with Crippen molar-refractivity contribution in [2.24, 2.45) is 0 Å². The van der Waals surface area contributed by atoms with Crippen LogP contribution in [0.1, 0.15) is 24.8 Å². The van der Waals surface area contributed by atoms with E-state index in [1.165, 1.54) is 6.07 Å². The Balaban J connectivity index is 2.53. The van der Waals surface area contributed by atoms with Gasteiger partial charge in [-0.1, -0.05) is 12.1 Å². The van der Waals surface area contributed by atoms with Gasteiger partial charge < -0.3 is 0 Å². The molecule has 114 valence electrons. The van der Waals surface area contributed by atoms with Crippen molar-refractivity contribution in [2.45, 2.75) is 36.4 Å². The predicted molar refractivity (Wildman–Crippen MR) is 68.6 cm³/mol. The molecular formula is C13H13F3N2O2S. The highest BCUT2D eigenvalue weighted by molar-refractivity contribution is 7.89. The third-order valence-corrected chi connectivity index (χ3v) is 5.35. The van der Waals surface area contributed by atoms with E-state index in [9.17, 15) is 21.6 Å². The van der Waals surface area contributed by atoms with E-state index in [4.69, 9.17) is 5.26 Å². The fraction of sp³-hybridized carbons (Fsp3) is 0.462. The minimum absolute atomic E-state index is 0.0623. The SMILES string of the molecule is N#CC1CCCCN1S(=O)(=O)c1ccccc1C(F)(F)F. The molecule has 1 unspecified atom stereocenters. The van der Waals surface area contributed by atoms with Crippen LogP contribution >= 0.6 is 0 Å². The largest absolute Gasteiger partial charge is 0.417 e. The second-order valence-corrected chi connectivity index (χ2v) is 6.61. The maximum absolute atomic E-state index is 13.0. The Kier molecular flexibility index (Phi) is 4.25. The van der Waals surface area contributed by atoms with E-state index in [0.717, 1.165) is 22.5 Å². The molecule has 0 N–H and O–H groups in total. The van der Waals surface area contributed by atoms with Crippen molar-refractivity contribution in [1.29, 1.82) is 5.26 Å². The monoisotopic (exact) mass is 318 g/mol. The first-order valence-corrected chi connectivity index (χ1v) is 7.80. The Bertz CT molecular complexity index is 665. The highest BCUT2D eigenvalue weighted by atomic mass is 32.2. The van der Waals surface area contributed by atoms with Crippen molar-refractivity contribution in [2.75, 3.05) is 6.54 Å². The van der Waals surface area contributed by atoms with Crippen LogP contribution in [0, 0.1) is 11.3 Å². The number of halogens is 3. The molecule has 0 aliphatic carbocycles. The van der Waals surface area contributed by atoms with Crippen molar-refractivity contribution in [3.8, 4) is 6.07 Å². The molecule has 0 bridgehead atoms. The van der Waals surface area contributed by atoms with Crippen LogP contribution in [-0.4, -0.2) is 25.3 Å². The lowest BCUT2D eigenvalue weighted by atomic mass is 10.1. The summed E-state index contributed by atoms with van der Waals surface area (Å²) in [5, 5.41) is 9.02. The Hall–Kier alpha value is -1.59. The lowest BCUT2D eigenvalue weighted by Crippen LogP contribution is -2.43. The lowest BCUT2D eigenvalue weighted by molar-refractivity contribution is -0.139. The first-order chi connectivity index (χ1) is 9.78. The summed E-state index contributed by atoms with van der Waals surface area (Å²) in [4.78, 5) is -0.792. The summed E-state index contributed by atoms with van der Waals surface area (Å²) in [7, 11) is -4.35. The number of hydrogen-bond donors (Lipinski definition) is 0. The highest BCUT2D eigenvalue weighted by Gasteiger charge is 2.41. The standard InChI is InChI=1S/C13H13F3N2O2S/c14-13(15,16)11-6-1-2-7-12(11)21(19,20)18-8-4-3-5-10(18)9-17/h1-2,6-7,10H,3-5,8H2. The van der Waals surface area contributed by atoms with E-state index in [1.54, 1.807) is 0 Å². The topological polar surface area (TPSA) is 61.2 Å². The average Bonchev–Trinajstić information content (AvgIpc) is 2.46. The molecule has 1 aliphatic heterocycles. The summed E-state index contributed by atoms with van der Waals surface area (Å²) in [6, 6.07) is 4.99. The zero-order valence-electron chi connectivity index (χ0n) is 11.0. The van der Waals surface area contributed by atoms with Gasteiger partial charge in [0.2, 0.25) is 10.0 Å². The molecule has 8 heteroatoms. The number of hydrogen-bond acceptors (Lipinski definition) is 3. The molecule has 0 saturated carbocycles. The molecule has 0 aromatic heterocycles. The van der Waals surface area contributed by atoms with Gasteiger partial charge in [-0.25, -0.2) is 8.42 Å². The van der Waals surface area contributed by atoms with Crippen molar-refractivity contribution < 1.29 is 21.6 Å². The Morgan fingerprint density at radius 1 is 1.24 bits per heavy atom. The zero-order valence-corrected chi connectivity index (χ0v) is 11.8. The van der Waals surface area contributed by atoms with Gasteiger partial charge in [-0.15, -0.1) is 0 Å². The van der Waals surface area contributed by atoms with Gasteiger partial charge in [-0.3, -0.25) is 0 Å². The second kappa shape index (κ2) is 5.66. The number of sulfonamides is 1. The molecule has 0 radical (unpaired) electrons. The Labute approximate surface area is 120 Å². The van der Waals surface area contributed by atoms with Gasteiger partial charge in [0.25, 0.3) is 0 Å². The number of rotatable bonds is 2. The first kappa shape index (κ1) is 15.8. The maximum Gasteiger partial charge on any atom is 0.417 e. The maximum atomic E-state index is 13.0. The molecule has 0 amide bonds. The molecule has 1 saturated heterocycles. The van der Waals surface area contributed by atoms with Crippen molar-refractivity contribution in [3.63, 3.8) is 0 Å². The normalized spacial score (nSPS) is 21.0. The van der Waals surface area contributed by atoms with Gasteiger partial charge in [0.1, 0.15) is 6.04 Å². The smallest absolute Gasteiger partial charge is 0.207 e. The first-order valence-electron chi connectivity index (χ1n) is 6.36. The van der Waals surface area contributed by atoms with Gasteiger partial charge >= 0.3 is 6.18 Å². The molecule has 1 atom stereocenters. The van der Waals surface area contributed by atoms with Crippen LogP contribution in [0.2, 0.25) is 0 Å². The number of nitriles is 1. The lowest BCUT2D eigenvalue weighted by Gasteiger charge is -2.31. The van der Waals surface area contributed by atoms with Crippen molar-refractivity contribution >= 4 is 10.0 Å². The molecule has 1 aromatic rings. The Morgan fingerprint density at radius 2 is 1.90 bits per heavy atom. The van der Waals surface area contributed by atoms with E-state index in [2.05, 4.69) is 0 Å². The third-order valence-electron chi connectivity index (χ3n) is 3.38. The van der Waals surface area contributed by atoms with E-state index < -0.39 is 32.7 Å². The van der Waals surface area contributed by atoms with Gasteiger partial charge in [-0.2, -0.15) is 22.7 Å². The van der Waals surface area contributed by atoms with E-state index in [-0.39, 0.29) is 6.54 Å². The summed E-state index contributed by atoms with van der Waals surface area (Å²) in [5.74, 6) is 0. The van der Waals surface area contributed by atoms with Crippen LogP contribution in [-0.2, 0) is 16.2 Å². The summed E-state index contributed by atoms with van der Waals surface area (Å²) in [5.41, 5.74) is -1.20. The fourth-order valence-corrected chi connectivity index (χ4v) is 4.20. The van der Waals surface area contributed by atoms with Gasteiger partial charge in [0, 0.05) is 6.54 Å². The van der Waals surface area contributed by atoms with Crippen LogP contribution in [0.4, 0.5) is 13.2 Å². The molecule has 0 spiro atoms. The van der Waals surface area contributed by atoms with E-state index >= 15 is 0 Å². The van der Waals surface area contributed by atoms with Crippen molar-refractivity contribution in [3.05, 3.63) is 29.8 Å². The zero-order chi connectivity index (χ0) is 15.7. The van der Waals surface area contributed by atoms with Crippen LogP contribution in [0.25, 0.3) is 0 Å². The van der Waals surface area contributed by atoms with Gasteiger partial charge in [-0.05, 0) is 31.4 Å². The quantitative estimate of drug-likeness (QED) is 0.842. The summed E-state index contributed by atoms with van der Waals surface area (Å²) in [6.07, 6.45) is -3.21. The van der Waals surface area contributed by atoms with Crippen LogP contribution < -0.4 is 0 Å². The molecule has 1 aliphatic rings. The average molecular weight is 318 g/mol. The molecule has 4 nitrogen and oxygen atoms in total. The summed E-state index contributed by atoms with van der Waals surface area (Å²) in [6.45, 7) is 0.0623. The number of nitrogens with zero attached hydrogens (tertiary/aromatic N) is 2. The minimum Gasteiger partial charge on any atom is -0.207 e. The summed E-state index contributed by atoms with van der Waals surface area (Å²) < 4.78 is 64.8. The number of alkyl halides is 3. The number of benzene rings is 1. The highest BCUT2D eigenvalue weighted by Crippen LogP contribution is 2.36. The van der Waals surface area contributed by atoms with Crippen LogP contribution in [0.5, 0.6) is 0 Å². The van der Waals surface area contributed by atoms with Gasteiger partial charge in [0.05, 0.1) is 16.5 Å². The van der Waals surface area contributed by atoms with Gasteiger partial charge in [0.15, 0.2) is 0 Å². The fourth-order valence-electron chi connectivity index (χ4n) is 2.37. The molecule has 2 rings (SSSR count). The van der Waals surface area contributed by atoms with Crippen LogP contribution in [0.3, 0.4) is 0 Å². The molecule has 1 fully saturated rings. The van der Waals surface area contributed by atoms with E-state index in [1.807, 2.05) is 6.07 Å². The van der Waals surface area contributed by atoms with Crippen LogP contribution in [0.15, 0.2) is 29.2 Å². The Morgan fingerprint density at radius 3 is 2.52 bits per heavy atom. The third kappa shape index (κ3) is 3.04. The van der Waals surface area contributed by atoms with E-state index in [0.29, 0.717) is 19.3 Å². The minimum atomic E-state index is -4.76. The molecule has 21 heavy (non-hydrogen) atoms. The predicted octanol–water partition coefficient (Wildman–Crippen LogP) is 2.77. The molecule has 1 heterocycles. The molecule has 1 aromatic carbocycles. The van der Waals surface area contributed by atoms with Crippen molar-refractivity contribution in [1.82, 2.24) is 4.31 Å². The molecular weight excluding hydrogens is 305 g/mol.